The maximum atomic E-state index is 4.72. The van der Waals surface area contributed by atoms with Gasteiger partial charge in [-0.05, 0) is 30.9 Å². The second-order valence-corrected chi connectivity index (χ2v) is 7.17. The van der Waals surface area contributed by atoms with Gasteiger partial charge in [0.2, 0.25) is 0 Å². The van der Waals surface area contributed by atoms with Crippen molar-refractivity contribution in [2.75, 3.05) is 31.1 Å². The number of anilines is 1. The summed E-state index contributed by atoms with van der Waals surface area (Å²) in [5.74, 6) is 2.36. The molecule has 0 spiro atoms. The molecule has 3 heterocycles. The minimum Gasteiger partial charge on any atom is -0.354 e. The normalized spacial score (nSPS) is 18.4. The molecule has 1 N–H and O–H groups in total. The molecule has 0 aromatic carbocycles. The molecule has 6 heteroatoms. The van der Waals surface area contributed by atoms with Crippen LogP contribution in [0, 0.1) is 0 Å². The van der Waals surface area contributed by atoms with Gasteiger partial charge in [0.05, 0.1) is 5.69 Å². The van der Waals surface area contributed by atoms with Crippen LogP contribution in [0.15, 0.2) is 12.3 Å². The number of piperazine rings is 1. The zero-order chi connectivity index (χ0) is 16.5. The predicted molar refractivity (Wildman–Crippen MR) is 94.2 cm³/mol. The molecule has 0 saturated carbocycles. The van der Waals surface area contributed by atoms with Gasteiger partial charge in [0.15, 0.2) is 0 Å². The van der Waals surface area contributed by atoms with Gasteiger partial charge in [-0.2, -0.15) is 5.10 Å². The van der Waals surface area contributed by atoms with E-state index in [2.05, 4.69) is 38.8 Å². The van der Waals surface area contributed by atoms with Crippen molar-refractivity contribution in [1.82, 2.24) is 25.1 Å². The van der Waals surface area contributed by atoms with Crippen LogP contribution in [-0.2, 0) is 19.4 Å². The van der Waals surface area contributed by atoms with Gasteiger partial charge in [0.1, 0.15) is 11.6 Å². The largest absolute Gasteiger partial charge is 0.354 e. The molecular weight excluding hydrogens is 300 g/mol. The maximum Gasteiger partial charge on any atom is 0.133 e. The van der Waals surface area contributed by atoms with Crippen molar-refractivity contribution >= 4 is 5.82 Å². The monoisotopic (exact) mass is 326 g/mol. The number of hydrogen-bond acceptors (Lipinski definition) is 5. The van der Waals surface area contributed by atoms with E-state index in [9.17, 15) is 0 Å². The highest BCUT2D eigenvalue weighted by atomic mass is 15.3. The number of rotatable bonds is 4. The zero-order valence-electron chi connectivity index (χ0n) is 14.6. The molecule has 1 aliphatic heterocycles. The Morgan fingerprint density at radius 2 is 2.00 bits per heavy atom. The molecule has 1 saturated heterocycles. The molecule has 2 aromatic rings. The third-order valence-corrected chi connectivity index (χ3v) is 5.14. The fourth-order valence-electron chi connectivity index (χ4n) is 3.68. The van der Waals surface area contributed by atoms with E-state index < -0.39 is 0 Å². The fraction of sp³-hybridized carbons (Fsp3) is 0.611. The average Bonchev–Trinajstić information content (AvgIpc) is 3.21. The van der Waals surface area contributed by atoms with Crippen molar-refractivity contribution < 1.29 is 0 Å². The minimum absolute atomic E-state index is 0.369. The summed E-state index contributed by atoms with van der Waals surface area (Å²) in [6.07, 6.45) is 5.52. The summed E-state index contributed by atoms with van der Waals surface area (Å²) in [7, 11) is 0. The lowest BCUT2D eigenvalue weighted by Gasteiger charge is -2.35. The number of hydrogen-bond donors (Lipinski definition) is 1. The number of aromatic nitrogens is 4. The summed E-state index contributed by atoms with van der Waals surface area (Å²) in [5, 5.41) is 7.76. The van der Waals surface area contributed by atoms with Crippen LogP contribution in [0.2, 0.25) is 0 Å². The number of fused-ring (bicyclic) bond motifs is 1. The van der Waals surface area contributed by atoms with Crippen molar-refractivity contribution in [3.8, 4) is 0 Å². The fourth-order valence-corrected chi connectivity index (χ4v) is 3.68. The lowest BCUT2D eigenvalue weighted by atomic mass is 10.2. The minimum atomic E-state index is 0.369. The second-order valence-electron chi connectivity index (χ2n) is 7.17. The van der Waals surface area contributed by atoms with Crippen LogP contribution in [0.5, 0.6) is 0 Å². The van der Waals surface area contributed by atoms with Crippen LogP contribution in [0.4, 0.5) is 5.82 Å². The first kappa shape index (κ1) is 15.6. The molecule has 2 aliphatic rings. The molecule has 1 fully saturated rings. The summed E-state index contributed by atoms with van der Waals surface area (Å²) in [5.41, 5.74) is 4.11. The third-order valence-electron chi connectivity index (χ3n) is 5.14. The Morgan fingerprint density at radius 1 is 1.17 bits per heavy atom. The summed E-state index contributed by atoms with van der Waals surface area (Å²) in [6.45, 7) is 9.40. The topological polar surface area (TPSA) is 60.9 Å². The van der Waals surface area contributed by atoms with Crippen LogP contribution in [-0.4, -0.2) is 51.2 Å². The quantitative estimate of drug-likeness (QED) is 0.933. The van der Waals surface area contributed by atoms with E-state index in [1.54, 1.807) is 0 Å². The van der Waals surface area contributed by atoms with Gasteiger partial charge in [0, 0.05) is 50.5 Å². The molecule has 0 amide bonds. The van der Waals surface area contributed by atoms with Crippen LogP contribution < -0.4 is 4.90 Å². The van der Waals surface area contributed by atoms with E-state index in [1.165, 1.54) is 36.2 Å². The highest BCUT2D eigenvalue weighted by Gasteiger charge is 2.23. The first-order valence-corrected chi connectivity index (χ1v) is 9.06. The van der Waals surface area contributed by atoms with E-state index >= 15 is 0 Å². The molecule has 4 rings (SSSR count). The third kappa shape index (κ3) is 3.02. The van der Waals surface area contributed by atoms with E-state index in [-0.39, 0.29) is 0 Å². The van der Waals surface area contributed by atoms with E-state index in [4.69, 9.17) is 4.98 Å². The Morgan fingerprint density at radius 3 is 2.79 bits per heavy atom. The summed E-state index contributed by atoms with van der Waals surface area (Å²) in [4.78, 5) is 14.0. The predicted octanol–water partition coefficient (Wildman–Crippen LogP) is 2.13. The standard InChI is InChI=1S/C18H26N6/c1-13(2)18-19-7-6-17(20-18)24-10-8-23(9-11-24)12-16-14-4-3-5-15(14)21-22-16/h6-7,13H,3-5,8-12H2,1-2H3,(H,21,22). The van der Waals surface area contributed by atoms with Gasteiger partial charge in [-0.25, -0.2) is 9.97 Å². The van der Waals surface area contributed by atoms with Crippen molar-refractivity contribution in [1.29, 1.82) is 0 Å². The van der Waals surface area contributed by atoms with Crippen LogP contribution in [0.25, 0.3) is 0 Å². The SMILES string of the molecule is CC(C)c1nccc(N2CCN(Cc3n[nH]c4c3CCC4)CC2)n1. The zero-order valence-corrected chi connectivity index (χ0v) is 14.6. The van der Waals surface area contributed by atoms with Crippen molar-refractivity contribution in [2.45, 2.75) is 45.6 Å². The highest BCUT2D eigenvalue weighted by molar-refractivity contribution is 5.38. The Labute approximate surface area is 143 Å². The van der Waals surface area contributed by atoms with Gasteiger partial charge in [-0.15, -0.1) is 0 Å². The lowest BCUT2D eigenvalue weighted by molar-refractivity contribution is 0.246. The van der Waals surface area contributed by atoms with Crippen molar-refractivity contribution in [2.24, 2.45) is 0 Å². The van der Waals surface area contributed by atoms with Gasteiger partial charge in [0.25, 0.3) is 0 Å². The van der Waals surface area contributed by atoms with E-state index in [0.29, 0.717) is 5.92 Å². The number of aryl methyl sites for hydroxylation is 1. The lowest BCUT2D eigenvalue weighted by Crippen LogP contribution is -2.46. The summed E-state index contributed by atoms with van der Waals surface area (Å²) < 4.78 is 0. The Kier molecular flexibility index (Phi) is 4.22. The molecule has 24 heavy (non-hydrogen) atoms. The highest BCUT2D eigenvalue weighted by Crippen LogP contribution is 2.24. The smallest absolute Gasteiger partial charge is 0.133 e. The van der Waals surface area contributed by atoms with Gasteiger partial charge in [-0.1, -0.05) is 13.8 Å². The number of aromatic amines is 1. The average molecular weight is 326 g/mol. The van der Waals surface area contributed by atoms with Gasteiger partial charge < -0.3 is 4.90 Å². The van der Waals surface area contributed by atoms with Crippen LogP contribution >= 0.6 is 0 Å². The van der Waals surface area contributed by atoms with Crippen LogP contribution in [0.1, 0.15) is 49.0 Å². The Balaban J connectivity index is 1.37. The molecule has 0 bridgehead atoms. The molecule has 6 nitrogen and oxygen atoms in total. The van der Waals surface area contributed by atoms with Crippen molar-refractivity contribution in [3.05, 3.63) is 35.0 Å². The molecule has 0 radical (unpaired) electrons. The molecule has 0 unspecified atom stereocenters. The number of H-pyrrole nitrogens is 1. The molecule has 2 aromatic heterocycles. The second kappa shape index (κ2) is 6.51. The molecule has 128 valence electrons. The first-order valence-electron chi connectivity index (χ1n) is 9.06. The van der Waals surface area contributed by atoms with Gasteiger partial charge in [-0.3, -0.25) is 10.00 Å². The Bertz CT molecular complexity index is 699. The van der Waals surface area contributed by atoms with Crippen molar-refractivity contribution in [3.63, 3.8) is 0 Å². The Hall–Kier alpha value is -1.95. The van der Waals surface area contributed by atoms with E-state index in [1.807, 2.05) is 12.3 Å². The number of nitrogens with zero attached hydrogens (tertiary/aromatic N) is 5. The van der Waals surface area contributed by atoms with Gasteiger partial charge >= 0.3 is 0 Å². The first-order chi connectivity index (χ1) is 11.7. The summed E-state index contributed by atoms with van der Waals surface area (Å²) >= 11 is 0. The van der Waals surface area contributed by atoms with E-state index in [0.717, 1.165) is 44.4 Å². The maximum absolute atomic E-state index is 4.72. The number of nitrogens with one attached hydrogen (secondary N) is 1. The summed E-state index contributed by atoms with van der Waals surface area (Å²) in [6, 6.07) is 2.03. The molecule has 1 aliphatic carbocycles. The molecule has 0 atom stereocenters. The van der Waals surface area contributed by atoms with Crippen LogP contribution in [0.3, 0.4) is 0 Å². The molecular formula is C18H26N6.